The van der Waals surface area contributed by atoms with Gasteiger partial charge in [-0.1, -0.05) is 6.58 Å². The maximum Gasteiger partial charge on any atom is 0.245 e. The number of carbonyl (C=O) groups excluding carboxylic acids is 1. The monoisotopic (exact) mass is 442 g/mol. The molecule has 1 atom stereocenters. The van der Waals surface area contributed by atoms with Gasteiger partial charge in [0, 0.05) is 60.9 Å². The smallest absolute Gasteiger partial charge is 0.245 e. The predicted octanol–water partition coefficient (Wildman–Crippen LogP) is 5.10. The summed E-state index contributed by atoms with van der Waals surface area (Å²) in [5, 5.41) is 0.938. The molecule has 33 heavy (non-hydrogen) atoms. The number of likely N-dealkylation sites (tertiary alicyclic amines) is 1. The molecule has 166 valence electrons. The maximum absolute atomic E-state index is 13.5. The Bertz CT molecular complexity index is 1280. The molecule has 0 bridgehead atoms. The first-order valence-electron chi connectivity index (χ1n) is 11.0. The average Bonchev–Trinajstić information content (AvgIpc) is 3.33. The van der Waals surface area contributed by atoms with Crippen LogP contribution in [-0.4, -0.2) is 38.8 Å². The highest BCUT2D eigenvalue weighted by Crippen LogP contribution is 2.35. The highest BCUT2D eigenvalue weighted by molar-refractivity contribution is 5.89. The minimum atomic E-state index is -0.279. The van der Waals surface area contributed by atoms with E-state index in [0.29, 0.717) is 37.6 Å². The Hall–Kier alpha value is -3.87. The van der Waals surface area contributed by atoms with E-state index in [0.717, 1.165) is 34.0 Å². The number of ether oxygens (including phenoxy) is 1. The van der Waals surface area contributed by atoms with Crippen molar-refractivity contribution in [2.24, 2.45) is 0 Å². The van der Waals surface area contributed by atoms with Crippen molar-refractivity contribution in [1.82, 2.24) is 19.9 Å². The Morgan fingerprint density at radius 2 is 2.12 bits per heavy atom. The lowest BCUT2D eigenvalue weighted by Crippen LogP contribution is -2.26. The molecular weight excluding hydrogens is 419 g/mol. The van der Waals surface area contributed by atoms with Crippen molar-refractivity contribution in [3.05, 3.63) is 84.9 Å². The number of hydrogen-bond donors (Lipinski definition) is 0. The number of aromatic nitrogens is 3. The largest absolute Gasteiger partial charge is 0.443 e. The summed E-state index contributed by atoms with van der Waals surface area (Å²) in [6.07, 6.45) is 11.6. The summed E-state index contributed by atoms with van der Waals surface area (Å²) in [5.41, 5.74) is 3.92. The molecule has 1 fully saturated rings. The molecule has 0 radical (unpaired) electrons. The molecule has 2 aliphatic rings. The van der Waals surface area contributed by atoms with E-state index in [1.807, 2.05) is 17.0 Å². The van der Waals surface area contributed by atoms with E-state index in [2.05, 4.69) is 27.6 Å². The Morgan fingerprint density at radius 1 is 1.21 bits per heavy atom. The SMILES string of the molecule is C=CC(=O)N1CCC(c2cc(-c3ccc(OC4=CC(F)=CCC4)nc3)cc3cncnc23)C1. The molecular formula is C26H23FN4O2. The molecule has 5 rings (SSSR count). The molecule has 7 heteroatoms. The third-order valence-corrected chi connectivity index (χ3v) is 6.08. The Labute approximate surface area is 191 Å². The van der Waals surface area contributed by atoms with Crippen molar-refractivity contribution in [2.75, 3.05) is 13.1 Å². The van der Waals surface area contributed by atoms with E-state index in [1.165, 1.54) is 12.2 Å². The molecule has 1 aromatic carbocycles. The lowest BCUT2D eigenvalue weighted by molar-refractivity contribution is -0.125. The van der Waals surface area contributed by atoms with Gasteiger partial charge in [-0.2, -0.15) is 0 Å². The van der Waals surface area contributed by atoms with Crippen molar-refractivity contribution in [1.29, 1.82) is 0 Å². The number of rotatable bonds is 5. The Morgan fingerprint density at radius 3 is 2.91 bits per heavy atom. The number of fused-ring (bicyclic) bond motifs is 1. The van der Waals surface area contributed by atoms with E-state index in [9.17, 15) is 9.18 Å². The minimum absolute atomic E-state index is 0.0455. The van der Waals surface area contributed by atoms with Crippen LogP contribution in [0, 0.1) is 0 Å². The number of halogens is 1. The van der Waals surface area contributed by atoms with Crippen LogP contribution in [0.4, 0.5) is 4.39 Å². The molecule has 1 saturated heterocycles. The number of hydrogen-bond acceptors (Lipinski definition) is 5. The van der Waals surface area contributed by atoms with Crippen LogP contribution in [0.1, 0.15) is 30.7 Å². The van der Waals surface area contributed by atoms with Crippen molar-refractivity contribution >= 4 is 16.8 Å². The molecule has 1 aliphatic carbocycles. The molecule has 1 amide bonds. The second-order valence-electron chi connectivity index (χ2n) is 8.23. The minimum Gasteiger partial charge on any atom is -0.443 e. The number of allylic oxidation sites excluding steroid dienone is 4. The van der Waals surface area contributed by atoms with Crippen molar-refractivity contribution in [2.45, 2.75) is 25.2 Å². The zero-order chi connectivity index (χ0) is 22.8. The summed E-state index contributed by atoms with van der Waals surface area (Å²) in [4.78, 5) is 27.0. The van der Waals surface area contributed by atoms with Crippen molar-refractivity contribution in [3.8, 4) is 17.0 Å². The first-order valence-corrected chi connectivity index (χ1v) is 11.0. The van der Waals surface area contributed by atoms with Crippen LogP contribution < -0.4 is 4.74 Å². The van der Waals surface area contributed by atoms with E-state index in [1.54, 1.807) is 30.9 Å². The number of pyridine rings is 1. The van der Waals surface area contributed by atoms with Gasteiger partial charge in [-0.25, -0.2) is 19.3 Å². The summed E-state index contributed by atoms with van der Waals surface area (Å²) in [6.45, 7) is 4.94. The van der Waals surface area contributed by atoms with Crippen LogP contribution in [-0.2, 0) is 4.79 Å². The van der Waals surface area contributed by atoms with Gasteiger partial charge in [-0.3, -0.25) is 4.79 Å². The van der Waals surface area contributed by atoms with E-state index < -0.39 is 0 Å². The molecule has 0 spiro atoms. The average molecular weight is 442 g/mol. The zero-order valence-corrected chi connectivity index (χ0v) is 18.1. The number of amides is 1. The van der Waals surface area contributed by atoms with Crippen LogP contribution in [0.3, 0.4) is 0 Å². The van der Waals surface area contributed by atoms with Gasteiger partial charge in [0.25, 0.3) is 0 Å². The third-order valence-electron chi connectivity index (χ3n) is 6.08. The lowest BCUT2D eigenvalue weighted by atomic mass is 9.92. The summed E-state index contributed by atoms with van der Waals surface area (Å²) in [6, 6.07) is 7.90. The molecule has 1 unspecified atom stereocenters. The van der Waals surface area contributed by atoms with Gasteiger partial charge in [-0.05, 0) is 54.3 Å². The fraction of sp³-hybridized carbons (Fsp3) is 0.231. The predicted molar refractivity (Wildman–Crippen MR) is 124 cm³/mol. The Kier molecular flexibility index (Phi) is 5.69. The van der Waals surface area contributed by atoms with Crippen molar-refractivity contribution in [3.63, 3.8) is 0 Å². The van der Waals surface area contributed by atoms with Crippen LogP contribution in [0.15, 0.2) is 79.4 Å². The van der Waals surface area contributed by atoms with Crippen LogP contribution in [0.5, 0.6) is 5.88 Å². The molecule has 1 aliphatic heterocycles. The standard InChI is InChI=1S/C26H23FN4O2/c1-2-25(32)31-9-8-18(15-31)23-11-19(10-20-13-28-16-30-26(20)23)17-6-7-24(29-14-17)33-22-5-3-4-21(27)12-22/h2,4,6-7,10-14,16,18H,1,3,5,8-9,15H2. The summed E-state index contributed by atoms with van der Waals surface area (Å²) in [7, 11) is 0. The molecule has 3 aromatic rings. The lowest BCUT2D eigenvalue weighted by Gasteiger charge is -2.17. The van der Waals surface area contributed by atoms with Gasteiger partial charge in [0.2, 0.25) is 11.8 Å². The summed E-state index contributed by atoms with van der Waals surface area (Å²) < 4.78 is 19.2. The highest BCUT2D eigenvalue weighted by atomic mass is 19.1. The number of nitrogens with zero attached hydrogens (tertiary/aromatic N) is 4. The number of benzene rings is 1. The highest BCUT2D eigenvalue weighted by Gasteiger charge is 2.28. The van der Waals surface area contributed by atoms with E-state index >= 15 is 0 Å². The first kappa shape index (κ1) is 21.0. The van der Waals surface area contributed by atoms with E-state index in [4.69, 9.17) is 4.74 Å². The van der Waals surface area contributed by atoms with Gasteiger partial charge in [0.1, 0.15) is 17.9 Å². The first-order chi connectivity index (χ1) is 16.1. The molecule has 2 aromatic heterocycles. The topological polar surface area (TPSA) is 68.2 Å². The van der Waals surface area contributed by atoms with E-state index in [-0.39, 0.29) is 17.7 Å². The van der Waals surface area contributed by atoms with Crippen LogP contribution >= 0.6 is 0 Å². The summed E-state index contributed by atoms with van der Waals surface area (Å²) >= 11 is 0. The number of carbonyl (C=O) groups is 1. The van der Waals surface area contributed by atoms with Gasteiger partial charge in [0.05, 0.1) is 5.52 Å². The molecule has 0 N–H and O–H groups in total. The van der Waals surface area contributed by atoms with Gasteiger partial charge in [-0.15, -0.1) is 0 Å². The second-order valence-corrected chi connectivity index (χ2v) is 8.23. The van der Waals surface area contributed by atoms with Gasteiger partial charge < -0.3 is 9.64 Å². The quantitative estimate of drug-likeness (QED) is 0.514. The third kappa shape index (κ3) is 4.39. The fourth-order valence-corrected chi connectivity index (χ4v) is 4.42. The van der Waals surface area contributed by atoms with Crippen molar-refractivity contribution < 1.29 is 13.9 Å². The molecule has 0 saturated carbocycles. The normalized spacial score (nSPS) is 18.1. The molecule has 3 heterocycles. The van der Waals surface area contributed by atoms with Crippen LogP contribution in [0.25, 0.3) is 22.0 Å². The van der Waals surface area contributed by atoms with Gasteiger partial charge >= 0.3 is 0 Å². The zero-order valence-electron chi connectivity index (χ0n) is 18.1. The summed E-state index contributed by atoms with van der Waals surface area (Å²) in [5.74, 6) is 0.858. The van der Waals surface area contributed by atoms with Crippen LogP contribution in [0.2, 0.25) is 0 Å². The van der Waals surface area contributed by atoms with Gasteiger partial charge in [0.15, 0.2) is 0 Å². The second kappa shape index (κ2) is 8.94. The maximum atomic E-state index is 13.5. The molecule has 6 nitrogen and oxygen atoms in total. The Balaban J connectivity index is 1.45. The fourth-order valence-electron chi connectivity index (χ4n) is 4.42.